The average Bonchev–Trinajstić information content (AvgIpc) is 3.98. The molecule has 0 spiro atoms. The lowest BCUT2D eigenvalue weighted by molar-refractivity contribution is -0.137. The third-order valence-electron chi connectivity index (χ3n) is 12.9. The molecule has 2 aliphatic rings. The van der Waals surface area contributed by atoms with Crippen LogP contribution in [0.5, 0.6) is 23.0 Å². The summed E-state index contributed by atoms with van der Waals surface area (Å²) in [4.78, 5) is 51.2. The number of aliphatic carboxylic acids is 1. The van der Waals surface area contributed by atoms with Crippen LogP contribution in [0.25, 0.3) is 22.3 Å². The van der Waals surface area contributed by atoms with E-state index >= 15 is 0 Å². The fourth-order valence-corrected chi connectivity index (χ4v) is 9.22. The second-order valence-electron chi connectivity index (χ2n) is 17.6. The molecule has 15 heteroatoms. The number of ether oxygens (including phenoxy) is 6. The topological polar surface area (TPSA) is 188 Å². The van der Waals surface area contributed by atoms with E-state index in [0.29, 0.717) is 48.9 Å². The van der Waals surface area contributed by atoms with Crippen LogP contribution in [-0.2, 0) is 32.2 Å². The van der Waals surface area contributed by atoms with Crippen molar-refractivity contribution in [3.8, 4) is 69.9 Å². The molecule has 8 rings (SSSR count). The number of nitrogens with zero attached hydrogens (tertiary/aromatic N) is 2. The molecule has 0 atom stereocenters. The molecule has 15 nitrogen and oxygen atoms in total. The second kappa shape index (κ2) is 29.2. The van der Waals surface area contributed by atoms with Crippen LogP contribution in [-0.4, -0.2) is 107 Å². The van der Waals surface area contributed by atoms with E-state index < -0.39 is 18.2 Å². The molecule has 0 unspecified atom stereocenters. The monoisotopic (exact) mass is 1040 g/mol. The van der Waals surface area contributed by atoms with Crippen LogP contribution in [0.1, 0.15) is 70.9 Å². The van der Waals surface area contributed by atoms with Crippen LogP contribution >= 0.6 is 0 Å². The molecule has 6 aromatic carbocycles. The van der Waals surface area contributed by atoms with Crippen molar-refractivity contribution in [2.45, 2.75) is 50.6 Å². The quantitative estimate of drug-likeness (QED) is 0.0432. The summed E-state index contributed by atoms with van der Waals surface area (Å²) >= 11 is 0. The lowest BCUT2D eigenvalue weighted by Crippen LogP contribution is -2.32. The maximum Gasteiger partial charge on any atom is 0.410 e. The van der Waals surface area contributed by atoms with Crippen LogP contribution in [0.3, 0.4) is 0 Å². The van der Waals surface area contributed by atoms with Gasteiger partial charge in [0.2, 0.25) is 5.91 Å². The van der Waals surface area contributed by atoms with E-state index in [1.54, 1.807) is 38.4 Å². The molecular formula is C62H66N4O11. The standard InChI is InChI=1S/C31H32N2O5.C30H29NO6.CH5N/c1-4-17-33(20-22-15-16-23(19-29(22)36-3)37-18-9-14-30(34)32-2)31(35)38-21-28-26-12-7-5-10-24(26)25-11-6-8-13-27(25)28;1-3-16-31(19-21-14-15-22(18-28(21)35-2)36-17-8-13-29(32)33)30(34)37-20-27-25-11-6-4-9-23(25)24-10-5-7-12-26(24)27;1-2/h1,5-8,10-13,15-16,19,28H,9,14,17-18,20-21H2,2-3H3,(H,32,34);1,4-7,9-12,14-15,18,27H,8,13,16-17,19-20H2,2H3,(H,32,33);2H2,1H3. The smallest absolute Gasteiger partial charge is 0.410 e. The number of hydrogen-bond acceptors (Lipinski definition) is 11. The minimum absolute atomic E-state index is 0.0247. The zero-order valence-corrected chi connectivity index (χ0v) is 44.0. The first-order valence-electron chi connectivity index (χ1n) is 25.2. The van der Waals surface area contributed by atoms with Gasteiger partial charge in [-0.25, -0.2) is 9.59 Å². The Labute approximate surface area is 451 Å². The number of methoxy groups -OCH3 is 2. The van der Waals surface area contributed by atoms with Crippen LogP contribution in [0.2, 0.25) is 0 Å². The highest BCUT2D eigenvalue weighted by atomic mass is 16.6. The first kappa shape index (κ1) is 57.4. The largest absolute Gasteiger partial charge is 0.496 e. The van der Waals surface area contributed by atoms with Crippen LogP contribution < -0.4 is 30.0 Å². The van der Waals surface area contributed by atoms with E-state index in [9.17, 15) is 19.2 Å². The van der Waals surface area contributed by atoms with E-state index in [-0.39, 0.29) is 70.2 Å². The Morgan fingerprint density at radius 2 is 0.935 bits per heavy atom. The van der Waals surface area contributed by atoms with Gasteiger partial charge in [-0.3, -0.25) is 19.4 Å². The molecule has 0 saturated heterocycles. The lowest BCUT2D eigenvalue weighted by Gasteiger charge is -2.23. The van der Waals surface area contributed by atoms with Crippen LogP contribution in [0, 0.1) is 24.7 Å². The summed E-state index contributed by atoms with van der Waals surface area (Å²) in [5.41, 5.74) is 15.3. The van der Waals surface area contributed by atoms with E-state index in [4.69, 9.17) is 46.4 Å². The van der Waals surface area contributed by atoms with E-state index in [2.05, 4.69) is 71.4 Å². The van der Waals surface area contributed by atoms with Gasteiger partial charge in [0.05, 0.1) is 53.6 Å². The van der Waals surface area contributed by atoms with Crippen molar-refractivity contribution in [1.82, 2.24) is 15.1 Å². The molecule has 0 saturated carbocycles. The summed E-state index contributed by atoms with van der Waals surface area (Å²) in [6.45, 7) is 1.69. The predicted molar refractivity (Wildman–Crippen MR) is 296 cm³/mol. The number of fused-ring (bicyclic) bond motifs is 6. The summed E-state index contributed by atoms with van der Waals surface area (Å²) in [7, 11) is 6.21. The third kappa shape index (κ3) is 15.1. The fourth-order valence-electron chi connectivity index (χ4n) is 9.22. The van der Waals surface area contributed by atoms with Gasteiger partial charge in [0.25, 0.3) is 0 Å². The number of benzene rings is 6. The number of carbonyl (C=O) groups is 4. The Balaban J connectivity index is 0.000000242. The number of carbonyl (C=O) groups excluding carboxylic acids is 3. The fraction of sp³-hybridized carbons (Fsp3) is 0.290. The number of nitrogens with one attached hydrogen (secondary N) is 1. The molecule has 400 valence electrons. The zero-order valence-electron chi connectivity index (χ0n) is 44.0. The summed E-state index contributed by atoms with van der Waals surface area (Å²) in [5.74, 6) is 6.39. The van der Waals surface area contributed by atoms with Gasteiger partial charge in [0.15, 0.2) is 0 Å². The Bertz CT molecular complexity index is 2960. The number of carboxylic acid groups (broad SMARTS) is 1. The molecule has 77 heavy (non-hydrogen) atoms. The molecule has 0 aliphatic heterocycles. The molecule has 0 radical (unpaired) electrons. The predicted octanol–water partition coefficient (Wildman–Crippen LogP) is 9.88. The van der Waals surface area contributed by atoms with Gasteiger partial charge in [0.1, 0.15) is 36.2 Å². The third-order valence-corrected chi connectivity index (χ3v) is 12.9. The summed E-state index contributed by atoms with van der Waals surface area (Å²) in [6, 6.07) is 43.4. The molecule has 0 aromatic heterocycles. The lowest BCUT2D eigenvalue weighted by atomic mass is 9.98. The van der Waals surface area contributed by atoms with Crippen molar-refractivity contribution in [3.05, 3.63) is 167 Å². The molecule has 0 bridgehead atoms. The molecule has 6 aromatic rings. The van der Waals surface area contributed by atoms with Crippen LogP contribution in [0.4, 0.5) is 9.59 Å². The summed E-state index contributed by atoms with van der Waals surface area (Å²) in [6.07, 6.45) is 11.6. The average molecular weight is 1040 g/mol. The minimum atomic E-state index is -0.863. The van der Waals surface area contributed by atoms with Gasteiger partial charge in [-0.15, -0.1) is 12.8 Å². The highest BCUT2D eigenvalue weighted by Crippen LogP contribution is 2.46. The van der Waals surface area contributed by atoms with Gasteiger partial charge in [-0.1, -0.05) is 109 Å². The number of carboxylic acids is 1. The first-order chi connectivity index (χ1) is 37.6. The number of hydrogen-bond donors (Lipinski definition) is 3. The van der Waals surface area contributed by atoms with Crippen molar-refractivity contribution in [3.63, 3.8) is 0 Å². The minimum Gasteiger partial charge on any atom is -0.496 e. The van der Waals surface area contributed by atoms with Gasteiger partial charge in [0, 0.05) is 55.0 Å². The van der Waals surface area contributed by atoms with Crippen molar-refractivity contribution < 1.29 is 52.7 Å². The maximum absolute atomic E-state index is 13.1. The van der Waals surface area contributed by atoms with E-state index in [1.165, 1.54) is 35.1 Å². The Morgan fingerprint density at radius 3 is 1.27 bits per heavy atom. The number of terminal acetylenes is 2. The second-order valence-corrected chi connectivity index (χ2v) is 17.6. The number of amides is 3. The van der Waals surface area contributed by atoms with Gasteiger partial charge in [-0.05, 0) is 88.7 Å². The molecule has 0 heterocycles. The van der Waals surface area contributed by atoms with Crippen molar-refractivity contribution in [2.75, 3.05) is 67.8 Å². The van der Waals surface area contributed by atoms with E-state index in [0.717, 1.165) is 44.5 Å². The van der Waals surface area contributed by atoms with Gasteiger partial charge < -0.3 is 44.6 Å². The summed E-state index contributed by atoms with van der Waals surface area (Å²) < 4.78 is 34.0. The Kier molecular flexibility index (Phi) is 21.8. The molecule has 0 fully saturated rings. The Morgan fingerprint density at radius 1 is 0.571 bits per heavy atom. The normalized spacial score (nSPS) is 11.4. The highest BCUT2D eigenvalue weighted by molar-refractivity contribution is 5.80. The first-order valence-corrected chi connectivity index (χ1v) is 25.2. The zero-order chi connectivity index (χ0) is 55.1. The van der Waals surface area contributed by atoms with Gasteiger partial charge in [-0.2, -0.15) is 0 Å². The van der Waals surface area contributed by atoms with Crippen LogP contribution in [0.15, 0.2) is 133 Å². The SMILES string of the molecule is C#CCN(Cc1ccc(OCCCC(=O)NC)cc1OC)C(=O)OCC1c2ccccc2-c2ccccc21.C#CCN(Cc1ccc(OCCCC(=O)O)cc1OC)C(=O)OCC1c2ccccc2-c2ccccc21.CN. The maximum atomic E-state index is 13.1. The molecular weight excluding hydrogens is 977 g/mol. The summed E-state index contributed by atoms with van der Waals surface area (Å²) in [5, 5.41) is 11.3. The van der Waals surface area contributed by atoms with Crippen molar-refractivity contribution in [1.29, 1.82) is 0 Å². The highest BCUT2D eigenvalue weighted by Gasteiger charge is 2.31. The van der Waals surface area contributed by atoms with Gasteiger partial charge >= 0.3 is 18.2 Å². The molecule has 4 N–H and O–H groups in total. The molecule has 3 amide bonds. The Hall–Kier alpha value is -8.92. The molecule has 2 aliphatic carbocycles. The van der Waals surface area contributed by atoms with Crippen molar-refractivity contribution in [2.24, 2.45) is 5.73 Å². The number of rotatable bonds is 22. The van der Waals surface area contributed by atoms with Crippen molar-refractivity contribution >= 4 is 24.1 Å². The van der Waals surface area contributed by atoms with E-state index in [1.807, 2.05) is 60.7 Å². The number of nitrogens with two attached hydrogens (primary N) is 1.